The minimum Gasteiger partial charge on any atom is -0.454 e. The van der Waals surface area contributed by atoms with Crippen LogP contribution in [0.15, 0.2) is 34.1 Å². The largest absolute Gasteiger partial charge is 0.454 e. The summed E-state index contributed by atoms with van der Waals surface area (Å²) in [7, 11) is 0. The van der Waals surface area contributed by atoms with Crippen LogP contribution in [0.25, 0.3) is 0 Å². The van der Waals surface area contributed by atoms with Crippen molar-refractivity contribution in [1.29, 1.82) is 0 Å². The highest BCUT2D eigenvalue weighted by Crippen LogP contribution is 2.33. The van der Waals surface area contributed by atoms with E-state index in [4.69, 9.17) is 9.47 Å². The van der Waals surface area contributed by atoms with Gasteiger partial charge in [-0.15, -0.1) is 11.3 Å². The standard InChI is InChI=1S/C17H19BrN2O2S/c18-17-4-2-14(23-17)11-20-7-5-19(6-8-20)10-13-1-3-15-16(9-13)22-12-21-15/h1-4,9H,5-8,10-12H2. The number of thiophene rings is 1. The number of hydrogen-bond acceptors (Lipinski definition) is 5. The molecule has 0 unspecified atom stereocenters. The average molecular weight is 395 g/mol. The van der Waals surface area contributed by atoms with Crippen molar-refractivity contribution in [2.75, 3.05) is 33.0 Å². The first-order valence-corrected chi connectivity index (χ1v) is 9.45. The van der Waals surface area contributed by atoms with Gasteiger partial charge < -0.3 is 9.47 Å². The van der Waals surface area contributed by atoms with Crippen molar-refractivity contribution in [3.63, 3.8) is 0 Å². The van der Waals surface area contributed by atoms with Crippen LogP contribution in [-0.2, 0) is 13.1 Å². The Morgan fingerprint density at radius 2 is 1.65 bits per heavy atom. The van der Waals surface area contributed by atoms with Gasteiger partial charge in [-0.2, -0.15) is 0 Å². The quantitative estimate of drug-likeness (QED) is 0.791. The summed E-state index contributed by atoms with van der Waals surface area (Å²) in [5.41, 5.74) is 1.30. The second kappa shape index (κ2) is 6.81. The van der Waals surface area contributed by atoms with Crippen LogP contribution in [0.4, 0.5) is 0 Å². The predicted octanol–water partition coefficient (Wildman–Crippen LogP) is 3.56. The lowest BCUT2D eigenvalue weighted by Crippen LogP contribution is -2.45. The van der Waals surface area contributed by atoms with E-state index >= 15 is 0 Å². The monoisotopic (exact) mass is 394 g/mol. The van der Waals surface area contributed by atoms with E-state index in [0.29, 0.717) is 6.79 Å². The first kappa shape index (κ1) is 15.4. The maximum atomic E-state index is 5.46. The normalized spacial score (nSPS) is 18.5. The molecule has 0 radical (unpaired) electrons. The minimum atomic E-state index is 0.344. The zero-order valence-corrected chi connectivity index (χ0v) is 15.2. The number of piperazine rings is 1. The fourth-order valence-electron chi connectivity index (χ4n) is 3.06. The van der Waals surface area contributed by atoms with Crippen LogP contribution >= 0.6 is 27.3 Å². The van der Waals surface area contributed by atoms with Gasteiger partial charge in [0.2, 0.25) is 6.79 Å². The molecule has 4 rings (SSSR count). The molecular formula is C17H19BrN2O2S. The Morgan fingerprint density at radius 3 is 2.39 bits per heavy atom. The summed E-state index contributed by atoms with van der Waals surface area (Å²) in [6.07, 6.45) is 0. The van der Waals surface area contributed by atoms with E-state index in [1.54, 1.807) is 0 Å². The van der Waals surface area contributed by atoms with Crippen molar-refractivity contribution in [2.24, 2.45) is 0 Å². The van der Waals surface area contributed by atoms with E-state index in [-0.39, 0.29) is 0 Å². The highest BCUT2D eigenvalue weighted by molar-refractivity contribution is 9.11. The average Bonchev–Trinajstić information content (AvgIpc) is 3.17. The molecule has 0 spiro atoms. The molecule has 0 aliphatic carbocycles. The van der Waals surface area contributed by atoms with E-state index in [9.17, 15) is 0 Å². The van der Waals surface area contributed by atoms with E-state index in [2.05, 4.69) is 50.0 Å². The van der Waals surface area contributed by atoms with Gasteiger partial charge in [-0.3, -0.25) is 9.80 Å². The first-order chi connectivity index (χ1) is 11.3. The molecule has 1 saturated heterocycles. The van der Waals surface area contributed by atoms with Crippen LogP contribution in [0.5, 0.6) is 11.5 Å². The first-order valence-electron chi connectivity index (χ1n) is 7.84. The second-order valence-electron chi connectivity index (χ2n) is 5.95. The van der Waals surface area contributed by atoms with Gasteiger partial charge >= 0.3 is 0 Å². The van der Waals surface area contributed by atoms with E-state index in [1.807, 2.05) is 17.4 Å². The van der Waals surface area contributed by atoms with Crippen molar-refractivity contribution < 1.29 is 9.47 Å². The molecule has 23 heavy (non-hydrogen) atoms. The van der Waals surface area contributed by atoms with Gasteiger partial charge in [0.05, 0.1) is 3.79 Å². The lowest BCUT2D eigenvalue weighted by atomic mass is 10.1. The molecule has 0 amide bonds. The summed E-state index contributed by atoms with van der Waals surface area (Å²) in [6, 6.07) is 10.6. The summed E-state index contributed by atoms with van der Waals surface area (Å²) < 4.78 is 12.0. The molecule has 3 heterocycles. The topological polar surface area (TPSA) is 24.9 Å². The van der Waals surface area contributed by atoms with Gasteiger partial charge in [0.15, 0.2) is 11.5 Å². The van der Waals surface area contributed by atoms with Gasteiger partial charge in [-0.25, -0.2) is 0 Å². The third kappa shape index (κ3) is 3.71. The molecule has 0 atom stereocenters. The fraction of sp³-hybridized carbons (Fsp3) is 0.412. The molecule has 2 aliphatic heterocycles. The summed E-state index contributed by atoms with van der Waals surface area (Å²) in [5, 5.41) is 0. The molecule has 122 valence electrons. The summed E-state index contributed by atoms with van der Waals surface area (Å²) in [4.78, 5) is 6.48. The summed E-state index contributed by atoms with van der Waals surface area (Å²) in [5.74, 6) is 1.74. The Labute approximate surface area is 148 Å². The highest BCUT2D eigenvalue weighted by atomic mass is 79.9. The maximum Gasteiger partial charge on any atom is 0.231 e. The Morgan fingerprint density at radius 1 is 0.913 bits per heavy atom. The maximum absolute atomic E-state index is 5.46. The van der Waals surface area contributed by atoms with E-state index < -0.39 is 0 Å². The summed E-state index contributed by atoms with van der Waals surface area (Å²) >= 11 is 5.37. The Balaban J connectivity index is 1.29. The van der Waals surface area contributed by atoms with Gasteiger partial charge in [-0.05, 0) is 45.8 Å². The third-order valence-corrected chi connectivity index (χ3v) is 5.92. The van der Waals surface area contributed by atoms with Crippen LogP contribution < -0.4 is 9.47 Å². The van der Waals surface area contributed by atoms with E-state index in [1.165, 1.54) is 14.2 Å². The number of fused-ring (bicyclic) bond motifs is 1. The highest BCUT2D eigenvalue weighted by Gasteiger charge is 2.19. The lowest BCUT2D eigenvalue weighted by Gasteiger charge is -2.34. The number of rotatable bonds is 4. The molecule has 0 N–H and O–H groups in total. The van der Waals surface area contributed by atoms with Gasteiger partial charge in [0.1, 0.15) is 0 Å². The zero-order chi connectivity index (χ0) is 15.6. The number of halogens is 1. The molecule has 0 bridgehead atoms. The number of benzene rings is 1. The summed E-state index contributed by atoms with van der Waals surface area (Å²) in [6.45, 7) is 6.86. The number of ether oxygens (including phenoxy) is 2. The van der Waals surface area contributed by atoms with Gasteiger partial charge in [0, 0.05) is 44.1 Å². The number of hydrogen-bond donors (Lipinski definition) is 0. The molecule has 0 saturated carbocycles. The predicted molar refractivity (Wildman–Crippen MR) is 95.1 cm³/mol. The van der Waals surface area contributed by atoms with Crippen LogP contribution in [-0.4, -0.2) is 42.8 Å². The van der Waals surface area contributed by atoms with Crippen molar-refractivity contribution >= 4 is 27.3 Å². The molecule has 1 fully saturated rings. The van der Waals surface area contributed by atoms with Gasteiger partial charge in [-0.1, -0.05) is 6.07 Å². The van der Waals surface area contributed by atoms with Crippen LogP contribution in [0, 0.1) is 0 Å². The van der Waals surface area contributed by atoms with Crippen LogP contribution in [0.2, 0.25) is 0 Å². The van der Waals surface area contributed by atoms with Gasteiger partial charge in [0.25, 0.3) is 0 Å². The molecule has 1 aromatic heterocycles. The molecule has 2 aromatic rings. The van der Waals surface area contributed by atoms with Crippen molar-refractivity contribution in [2.45, 2.75) is 13.1 Å². The van der Waals surface area contributed by atoms with E-state index in [0.717, 1.165) is 50.8 Å². The van der Waals surface area contributed by atoms with Crippen molar-refractivity contribution in [3.8, 4) is 11.5 Å². The molecule has 2 aliphatic rings. The molecule has 1 aromatic carbocycles. The van der Waals surface area contributed by atoms with Crippen molar-refractivity contribution in [3.05, 3.63) is 44.6 Å². The smallest absolute Gasteiger partial charge is 0.231 e. The SMILES string of the molecule is Brc1ccc(CN2CCN(Cc3ccc4c(c3)OCO4)CC2)s1. The van der Waals surface area contributed by atoms with Crippen LogP contribution in [0.3, 0.4) is 0 Å². The van der Waals surface area contributed by atoms with Crippen molar-refractivity contribution in [1.82, 2.24) is 9.80 Å². The Kier molecular flexibility index (Phi) is 4.57. The molecular weight excluding hydrogens is 376 g/mol. The second-order valence-corrected chi connectivity index (χ2v) is 8.49. The molecule has 6 heteroatoms. The Hall–Kier alpha value is -1.08. The minimum absolute atomic E-state index is 0.344. The zero-order valence-electron chi connectivity index (χ0n) is 12.8. The lowest BCUT2D eigenvalue weighted by molar-refractivity contribution is 0.122. The fourth-order valence-corrected chi connectivity index (χ4v) is 4.59. The third-order valence-electron chi connectivity index (χ3n) is 4.32. The number of nitrogens with zero attached hydrogens (tertiary/aromatic N) is 2. The van der Waals surface area contributed by atoms with Crippen LogP contribution in [0.1, 0.15) is 10.4 Å². The molecule has 4 nitrogen and oxygen atoms in total. The Bertz CT molecular complexity index is 683.